The molecular weight excluding hydrogens is 234 g/mol. The van der Waals surface area contributed by atoms with E-state index in [9.17, 15) is 9.59 Å². The Bertz CT molecular complexity index is 468. The van der Waals surface area contributed by atoms with E-state index in [1.54, 1.807) is 31.2 Å². The van der Waals surface area contributed by atoms with Crippen molar-refractivity contribution in [3.05, 3.63) is 35.4 Å². The third-order valence-corrected chi connectivity index (χ3v) is 2.75. The van der Waals surface area contributed by atoms with Crippen molar-refractivity contribution in [3.63, 3.8) is 0 Å². The van der Waals surface area contributed by atoms with Crippen molar-refractivity contribution < 1.29 is 9.59 Å². The number of hydrogen-bond donors (Lipinski definition) is 1. The van der Waals surface area contributed by atoms with Gasteiger partial charge < -0.3 is 5.73 Å². The Morgan fingerprint density at radius 1 is 1.29 bits per heavy atom. The van der Waals surface area contributed by atoms with Crippen molar-refractivity contribution in [1.29, 1.82) is 0 Å². The number of amides is 1. The fourth-order valence-corrected chi connectivity index (χ4v) is 1.62. The van der Waals surface area contributed by atoms with E-state index in [1.165, 1.54) is 11.8 Å². The zero-order valence-electron chi connectivity index (χ0n) is 9.53. The van der Waals surface area contributed by atoms with Crippen LogP contribution in [0.25, 0.3) is 0 Å². The van der Waals surface area contributed by atoms with E-state index in [4.69, 9.17) is 5.73 Å². The first kappa shape index (κ1) is 13.3. The lowest BCUT2D eigenvalue weighted by Crippen LogP contribution is -2.10. The number of hydrogen-bond acceptors (Lipinski definition) is 3. The third-order valence-electron chi connectivity index (χ3n) is 1.93. The molecule has 3 nitrogen and oxygen atoms in total. The van der Waals surface area contributed by atoms with E-state index < -0.39 is 5.91 Å². The Hall–Kier alpha value is -1.73. The van der Waals surface area contributed by atoms with Gasteiger partial charge >= 0.3 is 0 Å². The normalized spacial score (nSPS) is 9.24. The topological polar surface area (TPSA) is 60.2 Å². The molecule has 17 heavy (non-hydrogen) atoms. The lowest BCUT2D eigenvalue weighted by atomic mass is 10.1. The molecule has 0 saturated heterocycles. The molecule has 0 spiro atoms. The fourth-order valence-electron chi connectivity index (χ4n) is 1.13. The van der Waals surface area contributed by atoms with Gasteiger partial charge in [0.05, 0.1) is 0 Å². The molecule has 0 radical (unpaired) electrons. The lowest BCUT2D eigenvalue weighted by Gasteiger charge is -1.94. The Kier molecular flexibility index (Phi) is 5.31. The molecule has 1 aromatic rings. The second kappa shape index (κ2) is 6.77. The molecule has 0 heterocycles. The number of benzene rings is 1. The zero-order chi connectivity index (χ0) is 12.7. The highest BCUT2D eigenvalue weighted by Gasteiger charge is 1.97. The van der Waals surface area contributed by atoms with Crippen LogP contribution in [-0.2, 0) is 4.79 Å². The van der Waals surface area contributed by atoms with Gasteiger partial charge in [-0.3, -0.25) is 9.59 Å². The van der Waals surface area contributed by atoms with Crippen molar-refractivity contribution in [2.75, 3.05) is 5.75 Å². The summed E-state index contributed by atoms with van der Waals surface area (Å²) < 4.78 is 0. The third kappa shape index (κ3) is 5.23. The average Bonchev–Trinajstić information content (AvgIpc) is 2.29. The number of nitrogens with two attached hydrogens (primary N) is 1. The molecule has 1 amide bonds. The molecule has 0 aliphatic rings. The zero-order valence-corrected chi connectivity index (χ0v) is 10.3. The van der Waals surface area contributed by atoms with Crippen molar-refractivity contribution in [3.8, 4) is 11.8 Å². The second-order valence-corrected chi connectivity index (χ2v) is 4.61. The van der Waals surface area contributed by atoms with E-state index in [0.29, 0.717) is 17.7 Å². The SMILES string of the molecule is CC(=O)SCCC#Cc1ccc(C(N)=O)cc1. The predicted octanol–water partition coefficient (Wildman–Crippen LogP) is 1.81. The quantitative estimate of drug-likeness (QED) is 0.654. The molecule has 0 unspecified atom stereocenters. The van der Waals surface area contributed by atoms with Crippen LogP contribution in [-0.4, -0.2) is 16.8 Å². The largest absolute Gasteiger partial charge is 0.366 e. The van der Waals surface area contributed by atoms with Gasteiger partial charge in [0.15, 0.2) is 5.12 Å². The number of rotatable bonds is 3. The molecule has 0 aliphatic carbocycles. The molecule has 4 heteroatoms. The molecular formula is C13H13NO2S. The summed E-state index contributed by atoms with van der Waals surface area (Å²) >= 11 is 1.27. The van der Waals surface area contributed by atoms with Crippen LogP contribution in [0.3, 0.4) is 0 Å². The molecule has 0 bridgehead atoms. The van der Waals surface area contributed by atoms with Crippen LogP contribution < -0.4 is 5.73 Å². The second-order valence-electron chi connectivity index (χ2n) is 3.33. The molecule has 0 aliphatic heterocycles. The molecule has 0 atom stereocenters. The molecule has 0 saturated carbocycles. The van der Waals surface area contributed by atoms with Crippen molar-refractivity contribution in [2.45, 2.75) is 13.3 Å². The maximum absolute atomic E-state index is 10.8. The molecule has 2 N–H and O–H groups in total. The molecule has 0 aromatic heterocycles. The minimum atomic E-state index is -0.442. The summed E-state index contributed by atoms with van der Waals surface area (Å²) in [5, 5.41) is 0.109. The first-order valence-corrected chi connectivity index (χ1v) is 6.10. The van der Waals surface area contributed by atoms with Crippen LogP contribution in [0.15, 0.2) is 24.3 Å². The van der Waals surface area contributed by atoms with E-state index in [2.05, 4.69) is 11.8 Å². The molecule has 0 fully saturated rings. The van der Waals surface area contributed by atoms with E-state index in [0.717, 1.165) is 5.56 Å². The number of carbonyl (C=O) groups excluding carboxylic acids is 2. The number of thioether (sulfide) groups is 1. The summed E-state index contributed by atoms with van der Waals surface area (Å²) in [5.74, 6) is 6.19. The van der Waals surface area contributed by atoms with Gasteiger partial charge in [0, 0.05) is 30.2 Å². The van der Waals surface area contributed by atoms with Crippen LogP contribution in [0.1, 0.15) is 29.3 Å². The van der Waals surface area contributed by atoms with Gasteiger partial charge in [-0.25, -0.2) is 0 Å². The highest BCUT2D eigenvalue weighted by molar-refractivity contribution is 8.13. The molecule has 88 valence electrons. The number of carbonyl (C=O) groups is 2. The van der Waals surface area contributed by atoms with Gasteiger partial charge in [-0.2, -0.15) is 0 Å². The van der Waals surface area contributed by atoms with Gasteiger partial charge in [-0.1, -0.05) is 23.6 Å². The maximum atomic E-state index is 10.8. The van der Waals surface area contributed by atoms with Crippen molar-refractivity contribution >= 4 is 22.8 Å². The van der Waals surface area contributed by atoms with Crippen LogP contribution in [0.5, 0.6) is 0 Å². The summed E-state index contributed by atoms with van der Waals surface area (Å²) in [7, 11) is 0. The predicted molar refractivity (Wildman–Crippen MR) is 69.6 cm³/mol. The monoisotopic (exact) mass is 247 g/mol. The summed E-state index contributed by atoms with van der Waals surface area (Å²) in [6.45, 7) is 1.54. The van der Waals surface area contributed by atoms with Gasteiger partial charge in [0.1, 0.15) is 0 Å². The summed E-state index contributed by atoms with van der Waals surface area (Å²) in [4.78, 5) is 21.5. The molecule has 1 aromatic carbocycles. The summed E-state index contributed by atoms with van der Waals surface area (Å²) in [6, 6.07) is 6.81. The Morgan fingerprint density at radius 2 is 1.94 bits per heavy atom. The van der Waals surface area contributed by atoms with Gasteiger partial charge in [0.25, 0.3) is 0 Å². The van der Waals surface area contributed by atoms with E-state index in [-0.39, 0.29) is 5.12 Å². The van der Waals surface area contributed by atoms with Crippen LogP contribution in [0.4, 0.5) is 0 Å². The molecule has 1 rings (SSSR count). The summed E-state index contributed by atoms with van der Waals surface area (Å²) in [6.07, 6.45) is 0.668. The first-order valence-electron chi connectivity index (χ1n) is 5.11. The van der Waals surface area contributed by atoms with Crippen LogP contribution in [0, 0.1) is 11.8 Å². The Balaban J connectivity index is 2.49. The van der Waals surface area contributed by atoms with Gasteiger partial charge in [0.2, 0.25) is 5.91 Å². The van der Waals surface area contributed by atoms with Crippen molar-refractivity contribution in [1.82, 2.24) is 0 Å². The Morgan fingerprint density at radius 3 is 2.47 bits per heavy atom. The fraction of sp³-hybridized carbons (Fsp3) is 0.231. The van der Waals surface area contributed by atoms with Crippen LogP contribution >= 0.6 is 11.8 Å². The van der Waals surface area contributed by atoms with E-state index in [1.807, 2.05) is 0 Å². The highest BCUT2D eigenvalue weighted by atomic mass is 32.2. The van der Waals surface area contributed by atoms with Gasteiger partial charge in [-0.15, -0.1) is 0 Å². The minimum absolute atomic E-state index is 0.109. The number of primary amides is 1. The highest BCUT2D eigenvalue weighted by Crippen LogP contribution is 2.04. The first-order chi connectivity index (χ1) is 8.09. The van der Waals surface area contributed by atoms with Gasteiger partial charge in [-0.05, 0) is 24.3 Å². The van der Waals surface area contributed by atoms with Crippen LogP contribution in [0.2, 0.25) is 0 Å². The maximum Gasteiger partial charge on any atom is 0.248 e. The average molecular weight is 247 g/mol. The lowest BCUT2D eigenvalue weighted by molar-refractivity contribution is -0.109. The Labute approximate surface area is 105 Å². The smallest absolute Gasteiger partial charge is 0.248 e. The van der Waals surface area contributed by atoms with E-state index >= 15 is 0 Å². The standard InChI is InChI=1S/C13H13NO2S/c1-10(15)17-9-3-2-4-11-5-7-12(8-6-11)13(14)16/h5-8H,3,9H2,1H3,(H2,14,16). The summed E-state index contributed by atoms with van der Waals surface area (Å²) in [5.41, 5.74) is 6.43. The minimum Gasteiger partial charge on any atom is -0.366 e. The van der Waals surface area contributed by atoms with Crippen molar-refractivity contribution in [2.24, 2.45) is 5.73 Å².